The Morgan fingerprint density at radius 2 is 0.552 bits per heavy atom. The summed E-state index contributed by atoms with van der Waals surface area (Å²) in [5.41, 5.74) is 7.50. The number of aryl methyl sites for hydroxylation is 3. The van der Waals surface area contributed by atoms with E-state index >= 15 is 0 Å². The molecule has 8 saturated carbocycles. The maximum atomic E-state index is 13.2. The molecule has 1 aromatic heterocycles. The van der Waals surface area contributed by atoms with E-state index in [1.165, 1.54) is 84.0 Å². The topological polar surface area (TPSA) is 210 Å². The molecule has 10 aliphatic rings. The summed E-state index contributed by atoms with van der Waals surface area (Å²) in [6.45, 7) is 38.4. The van der Waals surface area contributed by atoms with Crippen LogP contribution in [0.1, 0.15) is 302 Å². The van der Waals surface area contributed by atoms with E-state index in [1.807, 2.05) is 120 Å². The van der Waals surface area contributed by atoms with Crippen LogP contribution in [0.5, 0.6) is 0 Å². The standard InChI is InChI=1S/2C29H41NO2.C24H37NO3.C23H34FNO3.C4H5N/c2*1-19-10-12-21(13-11-19)23-17-26(22-8-6-7-9-22)27(18-23)24-14-20(2)15-25(16-24)30-28(31)32-29(3,4)5;1-15-6-8-17(9-7-15)18-13-21(22(26)14-18)19-10-16(2)11-20(12-19)25-23(27)28-24(3,4)5;1-14-9-17(11-19(10-14)25-22(27)28-23(2,3)4)20-12-16(13-21(20)26)15-5-7-18(24)8-6-15;1-2-4-5-3-1/h2*6-13,20,22-27H,14-18H2,1-5H3,(H,30,31);6-9,16,18-22,26H,10-14H2,1-5H3,(H,25,27);5-8,14,16-17,19-21,26H,9-13H2,1-4H3,(H,25,27);1-5H/t20-,23+,24?,25+,26-,27-;20-,23-,24?,25+,26+,27+;16-,18+,19?,20+,21+,22-;14-,16-,17?,19+,20-,21+;/m0000./s1. The van der Waals surface area contributed by atoms with E-state index in [9.17, 15) is 33.8 Å². The molecule has 0 radical (unpaired) electrons. The van der Waals surface area contributed by atoms with Gasteiger partial charge in [0.2, 0.25) is 0 Å². The fourth-order valence-electron chi connectivity index (χ4n) is 23.8. The van der Waals surface area contributed by atoms with Gasteiger partial charge in [-0.15, -0.1) is 0 Å². The van der Waals surface area contributed by atoms with Gasteiger partial charge >= 0.3 is 24.4 Å². The first-order valence-electron chi connectivity index (χ1n) is 48.1. The molecule has 10 aliphatic carbocycles. The van der Waals surface area contributed by atoms with Crippen molar-refractivity contribution < 1.29 is 52.7 Å². The number of hydrogen-bond acceptors (Lipinski definition) is 10. The number of benzene rings is 4. The van der Waals surface area contributed by atoms with E-state index in [-0.39, 0.29) is 78.4 Å². The summed E-state index contributed by atoms with van der Waals surface area (Å²) in [7, 11) is 0. The van der Waals surface area contributed by atoms with Crippen LogP contribution in [0, 0.1) is 121 Å². The van der Waals surface area contributed by atoms with Crippen molar-refractivity contribution in [2.75, 3.05) is 0 Å². The lowest BCUT2D eigenvalue weighted by molar-refractivity contribution is 0.0392. The number of alkyl carbamates (subject to hydrolysis) is 4. The number of rotatable bonds is 14. The van der Waals surface area contributed by atoms with Crippen molar-refractivity contribution in [3.05, 3.63) is 215 Å². The van der Waals surface area contributed by atoms with Gasteiger partial charge in [0.25, 0.3) is 0 Å². The lowest BCUT2D eigenvalue weighted by atomic mass is 9.68. The highest BCUT2D eigenvalue weighted by Crippen LogP contribution is 2.56. The van der Waals surface area contributed by atoms with Crippen molar-refractivity contribution >= 4 is 24.4 Å². The molecule has 125 heavy (non-hydrogen) atoms. The van der Waals surface area contributed by atoms with Gasteiger partial charge in [-0.3, -0.25) is 0 Å². The summed E-state index contributed by atoms with van der Waals surface area (Å²) in [4.78, 5) is 52.1. The minimum Gasteiger partial charge on any atom is -0.444 e. The highest BCUT2D eigenvalue weighted by atomic mass is 19.1. The van der Waals surface area contributed by atoms with Gasteiger partial charge in [-0.05, 0) is 397 Å². The van der Waals surface area contributed by atoms with Gasteiger partial charge < -0.3 is 55.4 Å². The molecule has 8 fully saturated rings. The number of ether oxygens (including phenoxy) is 4. The van der Waals surface area contributed by atoms with Crippen molar-refractivity contribution in [3.8, 4) is 0 Å². The maximum absolute atomic E-state index is 13.2. The van der Waals surface area contributed by atoms with E-state index in [4.69, 9.17) is 18.9 Å². The molecule has 0 bridgehead atoms. The van der Waals surface area contributed by atoms with Gasteiger partial charge in [0.05, 0.1) is 12.2 Å². The molecule has 7 N–H and O–H groups in total. The predicted molar refractivity (Wildman–Crippen MR) is 504 cm³/mol. The third kappa shape index (κ3) is 30.3. The Kier molecular flexibility index (Phi) is 34.3. The third-order valence-corrected chi connectivity index (χ3v) is 28.7. The lowest BCUT2D eigenvalue weighted by Crippen LogP contribution is -2.44. The molecule has 0 spiro atoms. The normalized spacial score (nSPS) is 32.2. The second-order valence-electron chi connectivity index (χ2n) is 44.3. The fraction of sp³-hybridized carbons (Fsp3) is 0.633. The Morgan fingerprint density at radius 1 is 0.320 bits per heavy atom. The number of allylic oxidation sites excluding steroid dienone is 8. The molecule has 4 aromatic carbocycles. The largest absolute Gasteiger partial charge is 0.444 e. The second kappa shape index (κ2) is 43.9. The average Bonchev–Trinajstić information content (AvgIpc) is 1.64. The zero-order valence-corrected chi connectivity index (χ0v) is 79.4. The highest BCUT2D eigenvalue weighted by molar-refractivity contribution is 5.69. The number of aromatic nitrogens is 1. The Bertz CT molecular complexity index is 4000. The number of H-pyrrole nitrogens is 1. The molecule has 24 atom stereocenters. The third-order valence-electron chi connectivity index (χ3n) is 28.7. The number of carbonyl (C=O) groups is 4. The summed E-state index contributed by atoms with van der Waals surface area (Å²) in [6, 6.07) is 38.4. The summed E-state index contributed by atoms with van der Waals surface area (Å²) in [5, 5.41) is 34.1. The van der Waals surface area contributed by atoms with E-state index in [2.05, 4.69) is 196 Å². The number of aliphatic hydroxyl groups is 2. The van der Waals surface area contributed by atoms with Crippen molar-refractivity contribution in [2.45, 2.75) is 342 Å². The van der Waals surface area contributed by atoms with Crippen LogP contribution in [-0.4, -0.2) is 98.3 Å². The van der Waals surface area contributed by atoms with Crippen molar-refractivity contribution in [2.24, 2.45) is 94.7 Å². The van der Waals surface area contributed by atoms with Crippen molar-refractivity contribution in [3.63, 3.8) is 0 Å². The minimum atomic E-state index is -0.506. The molecule has 16 heteroatoms. The van der Waals surface area contributed by atoms with Crippen molar-refractivity contribution in [1.29, 1.82) is 0 Å². The van der Waals surface area contributed by atoms with Crippen LogP contribution < -0.4 is 21.3 Å². The van der Waals surface area contributed by atoms with Gasteiger partial charge in [0.15, 0.2) is 0 Å². The number of nitrogens with one attached hydrogen (secondary N) is 5. The summed E-state index contributed by atoms with van der Waals surface area (Å²) < 4.78 is 35.2. The van der Waals surface area contributed by atoms with Crippen LogP contribution in [0.15, 0.2) is 170 Å². The van der Waals surface area contributed by atoms with Gasteiger partial charge in [0.1, 0.15) is 28.2 Å². The van der Waals surface area contributed by atoms with E-state index < -0.39 is 22.4 Å². The molecule has 15 nitrogen and oxygen atoms in total. The van der Waals surface area contributed by atoms with Crippen molar-refractivity contribution in [1.82, 2.24) is 26.3 Å². The zero-order valence-electron chi connectivity index (χ0n) is 79.4. The van der Waals surface area contributed by atoms with Gasteiger partial charge in [-0.2, -0.15) is 0 Å². The molecule has 0 saturated heterocycles. The smallest absolute Gasteiger partial charge is 0.407 e. The number of halogens is 1. The number of hydrogen-bond donors (Lipinski definition) is 7. The number of amides is 4. The predicted octanol–water partition coefficient (Wildman–Crippen LogP) is 25.6. The molecule has 15 rings (SSSR count). The van der Waals surface area contributed by atoms with Gasteiger partial charge in [-0.25, -0.2) is 23.6 Å². The van der Waals surface area contributed by atoms with Gasteiger partial charge in [0, 0.05) is 36.6 Å². The summed E-state index contributed by atoms with van der Waals surface area (Å²) in [5.74, 6) is 10.6. The number of aliphatic hydroxyl groups excluding tert-OH is 2. The average molecular weight is 1720 g/mol. The Labute approximate surface area is 751 Å². The molecule has 4 amide bonds. The maximum Gasteiger partial charge on any atom is 0.407 e. The molecule has 686 valence electrons. The van der Waals surface area contributed by atoms with Crippen LogP contribution in [0.25, 0.3) is 0 Å². The Hall–Kier alpha value is -7.95. The van der Waals surface area contributed by atoms with E-state index in [1.54, 1.807) is 0 Å². The van der Waals surface area contributed by atoms with E-state index in [0.717, 1.165) is 95.5 Å². The molecular weight excluding hydrogens is 1560 g/mol. The first-order chi connectivity index (χ1) is 59.1. The fourth-order valence-corrected chi connectivity index (χ4v) is 23.8. The monoisotopic (exact) mass is 1720 g/mol. The van der Waals surface area contributed by atoms with Crippen LogP contribution >= 0.6 is 0 Å². The molecule has 5 aromatic rings. The van der Waals surface area contributed by atoms with Crippen LogP contribution in [0.4, 0.5) is 23.6 Å². The first kappa shape index (κ1) is 97.7. The minimum absolute atomic E-state index is 0.0840. The van der Waals surface area contributed by atoms with Crippen LogP contribution in [-0.2, 0) is 18.9 Å². The van der Waals surface area contributed by atoms with Crippen LogP contribution in [0.2, 0.25) is 0 Å². The zero-order chi connectivity index (χ0) is 90.2. The SMILES string of the molecule is C[C@H]1CC([C@@H]2C[C@H](c3ccc(F)cc3)C[C@H]2O)C[C@H](NC(=O)OC(C)(C)C)C1.Cc1ccc([C@@H]2C[C@@H](C3C=CC=C3)[C@H](C3C[C@H](C)C[C@@H](NC(=O)OC(C)(C)C)C3)C2)cc1.Cc1ccc([C@@H]2C[C@H](C3C[C@H](C)C[C@@H](NC(=O)OC(C)(C)C)C3)[C@@H](O)C2)cc1.Cc1ccc([C@H]2C[C@H](C3C=CC=C3)[C@@H](C3C[C@H](C)C[C@@H](NC(=O)OC(C)(C)C)C3)C2)cc1.c1cc[nH]c1. The Balaban J connectivity index is 0.000000159. The van der Waals surface area contributed by atoms with Gasteiger partial charge in [-0.1, -0.05) is 178 Å². The first-order valence-corrected chi connectivity index (χ1v) is 48.1. The highest BCUT2D eigenvalue weighted by Gasteiger charge is 2.49. The quantitative estimate of drug-likeness (QED) is 0.0523. The lowest BCUT2D eigenvalue weighted by Gasteiger charge is -2.40. The molecule has 0 aliphatic heterocycles. The number of carbonyl (C=O) groups excluding carboxylic acids is 4. The molecule has 1 heterocycles. The molecular formula is C109H158FN5O10. The second-order valence-corrected chi connectivity index (χ2v) is 44.3. The Morgan fingerprint density at radius 3 is 0.800 bits per heavy atom. The van der Waals surface area contributed by atoms with Crippen LogP contribution in [0.3, 0.4) is 0 Å². The number of aromatic amines is 1. The summed E-state index contributed by atoms with van der Waals surface area (Å²) in [6.07, 6.45) is 41.8. The van der Waals surface area contributed by atoms with E-state index in [0.29, 0.717) is 107 Å². The summed E-state index contributed by atoms with van der Waals surface area (Å²) >= 11 is 0. The molecule has 4 unspecified atom stereocenters.